The Morgan fingerprint density at radius 2 is 2.21 bits per heavy atom. The molecule has 0 saturated carbocycles. The molecular formula is C11H15FN2. The van der Waals surface area contributed by atoms with E-state index in [1.165, 1.54) is 6.07 Å². The van der Waals surface area contributed by atoms with Gasteiger partial charge < -0.3 is 11.1 Å². The molecule has 2 rings (SSSR count). The normalized spacial score (nSPS) is 23.7. The number of nitrogens with one attached hydrogen (secondary N) is 1. The van der Waals surface area contributed by atoms with Crippen molar-refractivity contribution >= 4 is 0 Å². The molecule has 2 unspecified atom stereocenters. The third-order valence-corrected chi connectivity index (χ3v) is 2.80. The molecule has 0 spiro atoms. The van der Waals surface area contributed by atoms with E-state index < -0.39 is 0 Å². The highest BCUT2D eigenvalue weighted by atomic mass is 19.1. The van der Waals surface area contributed by atoms with E-state index in [4.69, 9.17) is 5.73 Å². The zero-order valence-corrected chi connectivity index (χ0v) is 8.04. The second kappa shape index (κ2) is 4.07. The highest BCUT2D eigenvalue weighted by Crippen LogP contribution is 2.22. The van der Waals surface area contributed by atoms with E-state index in [0.29, 0.717) is 5.56 Å². The monoisotopic (exact) mass is 194 g/mol. The summed E-state index contributed by atoms with van der Waals surface area (Å²) in [5.41, 5.74) is 6.62. The molecule has 76 valence electrons. The van der Waals surface area contributed by atoms with Crippen molar-refractivity contribution in [2.45, 2.75) is 24.9 Å². The zero-order chi connectivity index (χ0) is 9.97. The van der Waals surface area contributed by atoms with Crippen molar-refractivity contribution in [1.29, 1.82) is 0 Å². The van der Waals surface area contributed by atoms with Gasteiger partial charge in [-0.25, -0.2) is 4.39 Å². The lowest BCUT2D eigenvalue weighted by atomic mass is 9.99. The van der Waals surface area contributed by atoms with Crippen LogP contribution < -0.4 is 11.1 Å². The Hall–Kier alpha value is -0.930. The Morgan fingerprint density at radius 3 is 2.86 bits per heavy atom. The fourth-order valence-electron chi connectivity index (χ4n) is 1.98. The van der Waals surface area contributed by atoms with Crippen LogP contribution in [0.1, 0.15) is 24.4 Å². The van der Waals surface area contributed by atoms with E-state index in [1.54, 1.807) is 12.1 Å². The van der Waals surface area contributed by atoms with Gasteiger partial charge >= 0.3 is 0 Å². The predicted molar refractivity (Wildman–Crippen MR) is 54.4 cm³/mol. The molecule has 0 bridgehead atoms. The summed E-state index contributed by atoms with van der Waals surface area (Å²) in [6, 6.07) is 6.75. The number of hydrogen-bond acceptors (Lipinski definition) is 2. The molecule has 0 aliphatic carbocycles. The minimum absolute atomic E-state index is 0.200. The first-order valence-electron chi connectivity index (χ1n) is 5.02. The Balaban J connectivity index is 2.17. The smallest absolute Gasteiger partial charge is 0.128 e. The molecule has 1 aromatic carbocycles. The number of nitrogens with two attached hydrogens (primary N) is 1. The van der Waals surface area contributed by atoms with Crippen LogP contribution in [0.3, 0.4) is 0 Å². The summed E-state index contributed by atoms with van der Waals surface area (Å²) in [5, 5.41) is 3.29. The molecular weight excluding hydrogens is 179 g/mol. The van der Waals surface area contributed by atoms with E-state index in [9.17, 15) is 4.39 Å². The first-order chi connectivity index (χ1) is 6.79. The van der Waals surface area contributed by atoms with Crippen molar-refractivity contribution in [3.63, 3.8) is 0 Å². The molecule has 2 atom stereocenters. The molecule has 0 aromatic heterocycles. The molecule has 1 aliphatic heterocycles. The number of hydrogen-bond donors (Lipinski definition) is 2. The Labute approximate surface area is 83.3 Å². The van der Waals surface area contributed by atoms with Crippen LogP contribution in [-0.4, -0.2) is 12.6 Å². The molecule has 14 heavy (non-hydrogen) atoms. The molecule has 0 radical (unpaired) electrons. The largest absolute Gasteiger partial charge is 0.323 e. The van der Waals surface area contributed by atoms with Gasteiger partial charge in [0.1, 0.15) is 5.82 Å². The summed E-state index contributed by atoms with van der Waals surface area (Å²) in [5.74, 6) is -0.200. The average Bonchev–Trinajstić information content (AvgIpc) is 2.70. The van der Waals surface area contributed by atoms with Crippen LogP contribution in [-0.2, 0) is 0 Å². The van der Waals surface area contributed by atoms with Crippen LogP contribution in [0, 0.1) is 5.82 Å². The van der Waals surface area contributed by atoms with Crippen LogP contribution >= 0.6 is 0 Å². The first kappa shape index (κ1) is 9.62. The summed E-state index contributed by atoms with van der Waals surface area (Å²) in [7, 11) is 0. The van der Waals surface area contributed by atoms with Gasteiger partial charge in [0, 0.05) is 17.6 Å². The van der Waals surface area contributed by atoms with E-state index in [1.807, 2.05) is 6.07 Å². The maximum atomic E-state index is 13.4. The van der Waals surface area contributed by atoms with Crippen molar-refractivity contribution in [2.24, 2.45) is 5.73 Å². The molecule has 3 N–H and O–H groups in total. The van der Waals surface area contributed by atoms with Crippen molar-refractivity contribution < 1.29 is 4.39 Å². The summed E-state index contributed by atoms with van der Waals surface area (Å²) >= 11 is 0. The minimum Gasteiger partial charge on any atom is -0.323 e. The maximum Gasteiger partial charge on any atom is 0.128 e. The van der Waals surface area contributed by atoms with E-state index in [-0.39, 0.29) is 17.9 Å². The standard InChI is InChI=1S/C11H15FN2/c12-9-5-2-1-4-8(9)11(13)10-6-3-7-14-10/h1-2,4-5,10-11,14H,3,6-7,13H2. The zero-order valence-electron chi connectivity index (χ0n) is 8.04. The van der Waals surface area contributed by atoms with Crippen molar-refractivity contribution in [1.82, 2.24) is 5.32 Å². The minimum atomic E-state index is -0.223. The third-order valence-electron chi connectivity index (χ3n) is 2.80. The van der Waals surface area contributed by atoms with Crippen molar-refractivity contribution in [3.05, 3.63) is 35.6 Å². The van der Waals surface area contributed by atoms with Gasteiger partial charge in [-0.3, -0.25) is 0 Å². The average molecular weight is 194 g/mol. The fraction of sp³-hybridized carbons (Fsp3) is 0.455. The Morgan fingerprint density at radius 1 is 1.43 bits per heavy atom. The van der Waals surface area contributed by atoms with Gasteiger partial charge in [0.05, 0.1) is 0 Å². The van der Waals surface area contributed by atoms with Crippen LogP contribution in [0.2, 0.25) is 0 Å². The Bertz CT molecular complexity index is 308. The summed E-state index contributed by atoms with van der Waals surface area (Å²) in [4.78, 5) is 0. The summed E-state index contributed by atoms with van der Waals surface area (Å²) < 4.78 is 13.4. The molecule has 3 heteroatoms. The number of benzene rings is 1. The van der Waals surface area contributed by atoms with E-state index in [2.05, 4.69) is 5.32 Å². The van der Waals surface area contributed by atoms with E-state index >= 15 is 0 Å². The van der Waals surface area contributed by atoms with Gasteiger partial charge in [-0.05, 0) is 25.5 Å². The van der Waals surface area contributed by atoms with Gasteiger partial charge in [0.2, 0.25) is 0 Å². The highest BCUT2D eigenvalue weighted by Gasteiger charge is 2.24. The van der Waals surface area contributed by atoms with E-state index in [0.717, 1.165) is 19.4 Å². The predicted octanol–water partition coefficient (Wildman–Crippen LogP) is 1.58. The quantitative estimate of drug-likeness (QED) is 0.750. The topological polar surface area (TPSA) is 38.0 Å². The highest BCUT2D eigenvalue weighted by molar-refractivity contribution is 5.22. The van der Waals surface area contributed by atoms with Crippen LogP contribution in [0.4, 0.5) is 4.39 Å². The molecule has 0 amide bonds. The van der Waals surface area contributed by atoms with Crippen LogP contribution in [0.25, 0.3) is 0 Å². The van der Waals surface area contributed by atoms with Gasteiger partial charge in [-0.2, -0.15) is 0 Å². The number of halogens is 1. The Kier molecular flexibility index (Phi) is 2.79. The molecule has 2 nitrogen and oxygen atoms in total. The maximum absolute atomic E-state index is 13.4. The lowest BCUT2D eigenvalue weighted by Crippen LogP contribution is -2.34. The molecule has 1 fully saturated rings. The lowest BCUT2D eigenvalue weighted by Gasteiger charge is -2.20. The molecule has 1 aliphatic rings. The molecule has 1 heterocycles. The van der Waals surface area contributed by atoms with Gasteiger partial charge in [-0.15, -0.1) is 0 Å². The second-order valence-electron chi connectivity index (χ2n) is 3.75. The van der Waals surface area contributed by atoms with Gasteiger partial charge in [0.25, 0.3) is 0 Å². The van der Waals surface area contributed by atoms with Gasteiger partial charge in [-0.1, -0.05) is 18.2 Å². The van der Waals surface area contributed by atoms with Crippen LogP contribution in [0.15, 0.2) is 24.3 Å². The first-order valence-corrected chi connectivity index (χ1v) is 5.02. The van der Waals surface area contributed by atoms with Crippen molar-refractivity contribution in [2.75, 3.05) is 6.54 Å². The van der Waals surface area contributed by atoms with Crippen LogP contribution in [0.5, 0.6) is 0 Å². The summed E-state index contributed by atoms with van der Waals surface area (Å²) in [6.45, 7) is 0.993. The fourth-order valence-corrected chi connectivity index (χ4v) is 1.98. The third kappa shape index (κ3) is 1.79. The summed E-state index contributed by atoms with van der Waals surface area (Å²) in [6.07, 6.45) is 2.17. The second-order valence-corrected chi connectivity index (χ2v) is 3.75. The lowest BCUT2D eigenvalue weighted by molar-refractivity contribution is 0.478. The SMILES string of the molecule is NC(c1ccccc1F)C1CCCN1. The number of rotatable bonds is 2. The molecule has 1 aromatic rings. The van der Waals surface area contributed by atoms with Crippen molar-refractivity contribution in [3.8, 4) is 0 Å². The van der Waals surface area contributed by atoms with Gasteiger partial charge in [0.15, 0.2) is 0 Å². The molecule has 1 saturated heterocycles.